The zero-order valence-corrected chi connectivity index (χ0v) is 12.2. The molecule has 108 valence electrons. The van der Waals surface area contributed by atoms with E-state index in [4.69, 9.17) is 15.2 Å². The Kier molecular flexibility index (Phi) is 5.79. The lowest BCUT2D eigenvalue weighted by atomic mass is 9.84. The minimum atomic E-state index is -0.419. The molecule has 1 aromatic rings. The van der Waals surface area contributed by atoms with Crippen LogP contribution in [0.1, 0.15) is 26.3 Å². The summed E-state index contributed by atoms with van der Waals surface area (Å²) in [4.78, 5) is 0. The smallest absolute Gasteiger partial charge is 0.137 e. The van der Waals surface area contributed by atoms with E-state index >= 15 is 0 Å². The molecule has 0 amide bonds. The first-order valence-corrected chi connectivity index (χ1v) is 6.49. The number of ether oxygens (including phenoxy) is 2. The molecule has 0 radical (unpaired) electrons. The molecule has 3 N–H and O–H groups in total. The second-order valence-corrected chi connectivity index (χ2v) is 5.81. The van der Waals surface area contributed by atoms with Crippen LogP contribution >= 0.6 is 0 Å². The van der Waals surface area contributed by atoms with Gasteiger partial charge in [-0.3, -0.25) is 0 Å². The van der Waals surface area contributed by atoms with Crippen LogP contribution in [0.25, 0.3) is 0 Å². The highest BCUT2D eigenvalue weighted by Gasteiger charge is 2.30. The number of rotatable bonds is 6. The fraction of sp³-hybridized carbons (Fsp3) is 0.600. The summed E-state index contributed by atoms with van der Waals surface area (Å²) in [7, 11) is 1.65. The summed E-state index contributed by atoms with van der Waals surface area (Å²) in [5.41, 5.74) is 7.04. The molecule has 0 aliphatic rings. The molecule has 19 heavy (non-hydrogen) atoms. The minimum absolute atomic E-state index is 0.104. The molecule has 1 rings (SSSR count). The maximum atomic E-state index is 9.46. The Labute approximate surface area is 115 Å². The largest absolute Gasteiger partial charge is 0.486 e. The second-order valence-electron chi connectivity index (χ2n) is 5.81. The van der Waals surface area contributed by atoms with Crippen molar-refractivity contribution >= 4 is 0 Å². The normalized spacial score (nSPS) is 15.1. The number of hydrogen-bond donors (Lipinski definition) is 2. The molecular formula is C15H25NO3. The summed E-state index contributed by atoms with van der Waals surface area (Å²) in [5.74, 6) is 0.702. The van der Waals surface area contributed by atoms with Crippen molar-refractivity contribution in [2.45, 2.75) is 39.5 Å². The third-order valence-corrected chi connectivity index (χ3v) is 3.08. The standard InChI is InChI=1S/C15H25NO3/c1-15(2,3)14(16)13(9-17)19-12-7-5-6-11(8-12)10-18-4/h5-8,13-14,17H,9-10,16H2,1-4H3. The molecule has 0 aromatic heterocycles. The number of benzene rings is 1. The molecule has 2 atom stereocenters. The van der Waals surface area contributed by atoms with Crippen LogP contribution in [0.15, 0.2) is 24.3 Å². The zero-order chi connectivity index (χ0) is 14.5. The summed E-state index contributed by atoms with van der Waals surface area (Å²) < 4.78 is 10.9. The van der Waals surface area contributed by atoms with Crippen molar-refractivity contribution in [1.82, 2.24) is 0 Å². The van der Waals surface area contributed by atoms with Gasteiger partial charge in [-0.25, -0.2) is 0 Å². The van der Waals surface area contributed by atoms with Gasteiger partial charge in [0.2, 0.25) is 0 Å². The maximum Gasteiger partial charge on any atom is 0.137 e. The summed E-state index contributed by atoms with van der Waals surface area (Å²) >= 11 is 0. The van der Waals surface area contributed by atoms with Crippen LogP contribution in [-0.4, -0.2) is 31.0 Å². The Morgan fingerprint density at radius 1 is 1.32 bits per heavy atom. The van der Waals surface area contributed by atoms with Crippen LogP contribution in [0.5, 0.6) is 5.75 Å². The first kappa shape index (κ1) is 16.0. The zero-order valence-electron chi connectivity index (χ0n) is 12.2. The molecule has 0 saturated carbocycles. The number of hydrogen-bond acceptors (Lipinski definition) is 4. The molecule has 4 heteroatoms. The van der Waals surface area contributed by atoms with Crippen molar-refractivity contribution in [3.05, 3.63) is 29.8 Å². The Bertz CT molecular complexity index is 387. The van der Waals surface area contributed by atoms with E-state index in [0.29, 0.717) is 12.4 Å². The molecule has 4 nitrogen and oxygen atoms in total. The predicted molar refractivity (Wildman–Crippen MR) is 76.1 cm³/mol. The number of aliphatic hydroxyl groups excluding tert-OH is 1. The van der Waals surface area contributed by atoms with E-state index in [1.54, 1.807) is 7.11 Å². The van der Waals surface area contributed by atoms with Crippen molar-refractivity contribution < 1.29 is 14.6 Å². The first-order valence-electron chi connectivity index (χ1n) is 6.49. The molecule has 0 aliphatic carbocycles. The Hall–Kier alpha value is -1.10. The number of methoxy groups -OCH3 is 1. The lowest BCUT2D eigenvalue weighted by Gasteiger charge is -2.33. The first-order chi connectivity index (χ1) is 8.88. The van der Waals surface area contributed by atoms with Gasteiger partial charge in [0.15, 0.2) is 0 Å². The van der Waals surface area contributed by atoms with Crippen molar-refractivity contribution in [3.8, 4) is 5.75 Å². The molecule has 1 aromatic carbocycles. The molecule has 0 heterocycles. The fourth-order valence-electron chi connectivity index (χ4n) is 1.83. The lowest BCUT2D eigenvalue weighted by Crippen LogP contribution is -2.49. The Balaban J connectivity index is 2.78. The highest BCUT2D eigenvalue weighted by atomic mass is 16.5. The highest BCUT2D eigenvalue weighted by molar-refractivity contribution is 5.28. The van der Waals surface area contributed by atoms with E-state index in [2.05, 4.69) is 0 Å². The summed E-state index contributed by atoms with van der Waals surface area (Å²) in [6, 6.07) is 7.39. The third-order valence-electron chi connectivity index (χ3n) is 3.08. The van der Waals surface area contributed by atoms with Gasteiger partial charge in [0.25, 0.3) is 0 Å². The highest BCUT2D eigenvalue weighted by Crippen LogP contribution is 2.23. The average molecular weight is 267 g/mol. The topological polar surface area (TPSA) is 64.7 Å². The van der Waals surface area contributed by atoms with Gasteiger partial charge in [-0.1, -0.05) is 32.9 Å². The number of aliphatic hydroxyl groups is 1. The predicted octanol–water partition coefficient (Wildman–Crippen LogP) is 1.95. The average Bonchev–Trinajstić information content (AvgIpc) is 2.35. The third kappa shape index (κ3) is 4.82. The van der Waals surface area contributed by atoms with Gasteiger partial charge in [-0.15, -0.1) is 0 Å². The molecule has 0 bridgehead atoms. The summed E-state index contributed by atoms with van der Waals surface area (Å²) in [5, 5.41) is 9.46. The SMILES string of the molecule is COCc1cccc(OC(CO)C(N)C(C)(C)C)c1. The van der Waals surface area contributed by atoms with Crippen molar-refractivity contribution in [2.24, 2.45) is 11.1 Å². The van der Waals surface area contributed by atoms with E-state index in [-0.39, 0.29) is 18.1 Å². The van der Waals surface area contributed by atoms with E-state index in [9.17, 15) is 5.11 Å². The van der Waals surface area contributed by atoms with E-state index in [1.807, 2.05) is 45.0 Å². The van der Waals surface area contributed by atoms with Crippen molar-refractivity contribution in [2.75, 3.05) is 13.7 Å². The molecule has 0 fully saturated rings. The van der Waals surface area contributed by atoms with Gasteiger partial charge >= 0.3 is 0 Å². The van der Waals surface area contributed by atoms with Crippen LogP contribution in [-0.2, 0) is 11.3 Å². The van der Waals surface area contributed by atoms with E-state index < -0.39 is 6.10 Å². The van der Waals surface area contributed by atoms with Crippen LogP contribution in [0.3, 0.4) is 0 Å². The fourth-order valence-corrected chi connectivity index (χ4v) is 1.83. The molecule has 2 unspecified atom stereocenters. The van der Waals surface area contributed by atoms with Crippen LogP contribution in [0, 0.1) is 5.41 Å². The van der Waals surface area contributed by atoms with Crippen molar-refractivity contribution in [3.63, 3.8) is 0 Å². The van der Waals surface area contributed by atoms with Crippen LogP contribution < -0.4 is 10.5 Å². The molecule has 0 spiro atoms. The molecule has 0 saturated heterocycles. The second kappa shape index (κ2) is 6.89. The van der Waals surface area contributed by atoms with E-state index in [1.165, 1.54) is 0 Å². The van der Waals surface area contributed by atoms with Gasteiger partial charge < -0.3 is 20.3 Å². The minimum Gasteiger partial charge on any atom is -0.486 e. The van der Waals surface area contributed by atoms with Crippen LogP contribution in [0.2, 0.25) is 0 Å². The quantitative estimate of drug-likeness (QED) is 0.827. The van der Waals surface area contributed by atoms with Gasteiger partial charge in [-0.2, -0.15) is 0 Å². The molecule has 0 aliphatic heterocycles. The van der Waals surface area contributed by atoms with Gasteiger partial charge in [0, 0.05) is 13.2 Å². The van der Waals surface area contributed by atoms with E-state index in [0.717, 1.165) is 5.56 Å². The van der Waals surface area contributed by atoms with Crippen molar-refractivity contribution in [1.29, 1.82) is 0 Å². The summed E-state index contributed by atoms with van der Waals surface area (Å²) in [6.07, 6.45) is -0.419. The monoisotopic (exact) mass is 267 g/mol. The van der Waals surface area contributed by atoms with Gasteiger partial charge in [0.1, 0.15) is 11.9 Å². The summed E-state index contributed by atoms with van der Waals surface area (Å²) in [6.45, 7) is 6.53. The van der Waals surface area contributed by atoms with Crippen LogP contribution in [0.4, 0.5) is 0 Å². The van der Waals surface area contributed by atoms with Gasteiger partial charge in [-0.05, 0) is 23.1 Å². The Morgan fingerprint density at radius 3 is 2.53 bits per heavy atom. The van der Waals surface area contributed by atoms with Gasteiger partial charge in [0.05, 0.1) is 13.2 Å². The lowest BCUT2D eigenvalue weighted by molar-refractivity contribution is 0.0590. The Morgan fingerprint density at radius 2 is 2.00 bits per heavy atom. The maximum absolute atomic E-state index is 9.46. The number of nitrogens with two attached hydrogens (primary N) is 1. The molecular weight excluding hydrogens is 242 g/mol.